The predicted octanol–water partition coefficient (Wildman–Crippen LogP) is 42.7. The highest BCUT2D eigenvalue weighted by Crippen LogP contribution is 2.50. The van der Waals surface area contributed by atoms with E-state index in [0.717, 1.165) is 77.6 Å². The minimum atomic E-state index is -5.24. The standard InChI is InChI=1S/C7H10F6.3C7H13F3.2C6H8F6.2C6H11F3.4C6H14.C5H6F6.C5H9F3/c1-2-3-4-5(6(8,9)10)7(11,12)13;1-3-4-6(2)5-7(8,9)10;1-3-4-5-6(2)7(8,9)10;1-2-3-4-5-6-7(8,9)10;1-4(6(10,11)12)2-3-5(7,8)9;1-2-3-4(5(7,8)9)6(10,11)12;1-3-4-5(2)6(7,8)9;1-2-3-4-5-6(7,8)9;2*1-5-6(2,3)4;1-5(2)6(3)4;1-4-6(3)5-2;1-3(2,4(6,7)8)5(9,10)11;1-4(2,3)5(6,7)8/h5H,2-4H2,1H3;2*6H,3-5H2,1-2H3;2-6H2,1H3;2*4H,2-3H2,1H3;5H,3-4H2,1-2H3;2-5H2,1H3;2*5H2,1-4H3;5-6H,1-4H3;6H,4-5H2,1-3H3;1-2H3;1-3H3/t;2*6-;;4-;;5-;;;;;;;/m.00.0.0......./s1. The molecule has 4 atom stereocenters. The lowest BCUT2D eigenvalue weighted by molar-refractivity contribution is -0.327. The first-order valence-corrected chi connectivity index (χ1v) is 42.8. The molecule has 0 spiro atoms. The molecule has 0 fully saturated rings. The van der Waals surface area contributed by atoms with E-state index in [-0.39, 0.29) is 58.3 Å². The van der Waals surface area contributed by atoms with Gasteiger partial charge in [0.05, 0.1) is 23.2 Å². The van der Waals surface area contributed by atoms with E-state index in [1.165, 1.54) is 46.5 Å². The van der Waals surface area contributed by atoms with Gasteiger partial charge in [-0.1, -0.05) is 310 Å². The molecule has 128 heavy (non-hydrogen) atoms. The summed E-state index contributed by atoms with van der Waals surface area (Å²) in [6.45, 7) is 54.3. The summed E-state index contributed by atoms with van der Waals surface area (Å²) in [4.78, 5) is 0. The summed E-state index contributed by atoms with van der Waals surface area (Å²) in [6, 6.07) is 0. The molecule has 796 valence electrons. The van der Waals surface area contributed by atoms with E-state index < -0.39 is 172 Å². The average Bonchev–Trinajstić information content (AvgIpc) is 0.793. The largest absolute Gasteiger partial charge is 0.402 e. The summed E-state index contributed by atoms with van der Waals surface area (Å²) in [7, 11) is 0. The van der Waals surface area contributed by atoms with Gasteiger partial charge in [-0.25, -0.2) is 0 Å². The second kappa shape index (κ2) is 73.3. The lowest BCUT2D eigenvalue weighted by Crippen LogP contribution is -2.44. The molecule has 0 radical (unpaired) electrons. The third-order valence-electron chi connectivity index (χ3n) is 18.1. The van der Waals surface area contributed by atoms with Crippen molar-refractivity contribution in [2.24, 2.45) is 74.9 Å². The number of rotatable bonds is 25. The van der Waals surface area contributed by atoms with Crippen LogP contribution < -0.4 is 0 Å². The Bertz CT molecular complexity index is 2260. The first-order valence-electron chi connectivity index (χ1n) is 42.8. The smallest absolute Gasteiger partial charge is 0.171 e. The highest BCUT2D eigenvalue weighted by atomic mass is 19.5. The molecule has 0 bridgehead atoms. The van der Waals surface area contributed by atoms with Crippen LogP contribution in [0.4, 0.5) is 184 Å². The molecule has 0 aliphatic carbocycles. The predicted molar refractivity (Wildman–Crippen MR) is 431 cm³/mol. The SMILES string of the molecule is CC(C)(C(F)(F)F)C(F)(F)F.CC(C)(C)C(F)(F)F.CC(C)C(C)C.CCC(C)(C)C.CCC(C)(C)C.CCC(C)CC.CCCC(C(F)(F)F)C(F)(F)F.CCCCC(C(F)(F)F)C(F)(F)F.CCCCCC(F)(F)F.CCCCCCC(F)(F)F.CCCC[C@H](C)C(F)(F)F.CCC[C@H](C)C(F)(F)F.CCC[C@H](C)CC(F)(F)F.C[C@@H](CCC(F)(F)F)C(F)(F)F. The average molecular weight is 1990 g/mol. The lowest BCUT2D eigenvalue weighted by atomic mass is 9.92. The fourth-order valence-electron chi connectivity index (χ4n) is 6.30. The highest BCUT2D eigenvalue weighted by molar-refractivity contribution is 4.84. The van der Waals surface area contributed by atoms with Crippen LogP contribution in [0.5, 0.6) is 0 Å². The lowest BCUT2D eigenvalue weighted by Gasteiger charge is -2.29. The molecular weight excluding hydrogens is 1830 g/mol. The summed E-state index contributed by atoms with van der Waals surface area (Å²) >= 11 is 0. The first-order chi connectivity index (χ1) is 55.9. The van der Waals surface area contributed by atoms with E-state index in [0.29, 0.717) is 49.4 Å². The number of hydrogen-bond acceptors (Lipinski definition) is 0. The van der Waals surface area contributed by atoms with Crippen molar-refractivity contribution in [3.05, 3.63) is 0 Å². The summed E-state index contributed by atoms with van der Waals surface area (Å²) in [5.74, 6) is -8.07. The van der Waals surface area contributed by atoms with Crippen molar-refractivity contribution < 1.29 is 184 Å². The molecule has 0 heterocycles. The molecule has 0 nitrogen and oxygen atoms in total. The van der Waals surface area contributed by atoms with Crippen LogP contribution in [0, 0.1) is 74.9 Å². The van der Waals surface area contributed by atoms with Crippen LogP contribution in [0.3, 0.4) is 0 Å². The molecule has 0 aliphatic heterocycles. The van der Waals surface area contributed by atoms with E-state index in [9.17, 15) is 184 Å². The maximum absolute atomic E-state index is 11.8. The number of alkyl halides is 42. The summed E-state index contributed by atoms with van der Waals surface area (Å²) in [5.41, 5.74) is -4.10. The molecule has 0 unspecified atom stereocenters. The van der Waals surface area contributed by atoms with Crippen molar-refractivity contribution in [2.75, 3.05) is 0 Å². The van der Waals surface area contributed by atoms with Crippen LogP contribution in [-0.2, 0) is 0 Å². The summed E-state index contributed by atoms with van der Waals surface area (Å²) < 4.78 is 488. The minimum Gasteiger partial charge on any atom is -0.171 e. The monoisotopic (exact) mass is 1990 g/mol. The number of halogens is 42. The van der Waals surface area contributed by atoms with Crippen LogP contribution in [0.2, 0.25) is 0 Å². The number of unbranched alkanes of at least 4 members (excludes halogenated alkanes) is 7. The topological polar surface area (TPSA) is 0 Å². The van der Waals surface area contributed by atoms with E-state index in [2.05, 4.69) is 104 Å². The molecule has 0 N–H and O–H groups in total. The second-order valence-electron chi connectivity index (χ2n) is 35.4. The van der Waals surface area contributed by atoms with E-state index in [1.807, 2.05) is 27.7 Å². The van der Waals surface area contributed by atoms with Gasteiger partial charge in [-0.3, -0.25) is 0 Å². The van der Waals surface area contributed by atoms with Crippen LogP contribution in [-0.4, -0.2) is 86.5 Å². The van der Waals surface area contributed by atoms with Crippen molar-refractivity contribution in [1.29, 1.82) is 0 Å². The molecule has 0 aromatic carbocycles. The van der Waals surface area contributed by atoms with E-state index in [4.69, 9.17) is 0 Å². The van der Waals surface area contributed by atoms with Gasteiger partial charge in [0, 0.05) is 25.7 Å². The Morgan fingerprint density at radius 1 is 0.203 bits per heavy atom. The Morgan fingerprint density at radius 3 is 0.586 bits per heavy atom. The fraction of sp³-hybridized carbons (Fsp3) is 1.00. The fourth-order valence-corrected chi connectivity index (χ4v) is 6.30. The van der Waals surface area contributed by atoms with Crippen LogP contribution in [0.25, 0.3) is 0 Å². The van der Waals surface area contributed by atoms with E-state index in [1.54, 1.807) is 20.8 Å². The third-order valence-corrected chi connectivity index (χ3v) is 18.1. The van der Waals surface area contributed by atoms with Crippen molar-refractivity contribution in [1.82, 2.24) is 0 Å². The van der Waals surface area contributed by atoms with Crippen LogP contribution in [0.1, 0.15) is 394 Å². The second-order valence-corrected chi connectivity index (χ2v) is 35.4. The van der Waals surface area contributed by atoms with Crippen molar-refractivity contribution in [3.63, 3.8) is 0 Å². The first kappa shape index (κ1) is 156. The molecule has 0 saturated carbocycles. The molecule has 0 aromatic heterocycles. The summed E-state index contributed by atoms with van der Waals surface area (Å²) in [6.07, 6.45) is -55.9. The Kier molecular flexibility index (Phi) is 89.4. The van der Waals surface area contributed by atoms with Gasteiger partial charge < -0.3 is 0 Å². The van der Waals surface area contributed by atoms with Gasteiger partial charge >= 0.3 is 86.5 Å². The molecular formula is C86H158F42. The Hall–Kier alpha value is -2.94. The van der Waals surface area contributed by atoms with E-state index >= 15 is 0 Å². The van der Waals surface area contributed by atoms with Crippen molar-refractivity contribution >= 4 is 0 Å². The van der Waals surface area contributed by atoms with Gasteiger partial charge in [-0.05, 0) is 93.3 Å². The van der Waals surface area contributed by atoms with Gasteiger partial charge in [-0.2, -0.15) is 184 Å². The zero-order chi connectivity index (χ0) is 107. The Balaban J connectivity index is -0.0000000917. The zero-order valence-corrected chi connectivity index (χ0v) is 80.9. The minimum absolute atomic E-state index is 0.0658. The van der Waals surface area contributed by atoms with Crippen molar-refractivity contribution in [3.8, 4) is 0 Å². The highest BCUT2D eigenvalue weighted by Gasteiger charge is 2.64. The van der Waals surface area contributed by atoms with Gasteiger partial charge in [0.1, 0.15) is 0 Å². The normalized spacial score (nSPS) is 13.8. The van der Waals surface area contributed by atoms with Gasteiger partial charge in [0.2, 0.25) is 0 Å². The Labute approximate surface area is 738 Å². The molecule has 0 rings (SSSR count). The van der Waals surface area contributed by atoms with Gasteiger partial charge in [-0.15, -0.1) is 0 Å². The molecule has 0 aliphatic rings. The molecule has 42 heteroatoms. The Morgan fingerprint density at radius 2 is 0.430 bits per heavy atom. The maximum atomic E-state index is 11.8. The van der Waals surface area contributed by atoms with Gasteiger partial charge in [0.25, 0.3) is 0 Å². The van der Waals surface area contributed by atoms with Crippen LogP contribution >= 0.6 is 0 Å². The molecule has 0 amide bonds. The molecule has 0 aromatic rings. The maximum Gasteiger partial charge on any atom is 0.402 e. The van der Waals surface area contributed by atoms with Crippen LogP contribution in [0.15, 0.2) is 0 Å². The quantitative estimate of drug-likeness (QED) is 0.0631. The number of hydrogen-bond donors (Lipinski definition) is 0. The zero-order valence-electron chi connectivity index (χ0n) is 80.9. The molecule has 0 saturated heterocycles. The summed E-state index contributed by atoms with van der Waals surface area (Å²) in [5, 5.41) is 0. The third kappa shape index (κ3) is 125. The van der Waals surface area contributed by atoms with Gasteiger partial charge in [0.15, 0.2) is 17.3 Å². The van der Waals surface area contributed by atoms with Crippen molar-refractivity contribution in [2.45, 2.75) is 481 Å².